The molecule has 178 valence electrons. The quantitative estimate of drug-likeness (QED) is 0.342. The third kappa shape index (κ3) is 6.73. The van der Waals surface area contributed by atoms with Gasteiger partial charge in [-0.1, -0.05) is 37.3 Å². The molecule has 0 saturated heterocycles. The Morgan fingerprint density at radius 3 is 2.53 bits per heavy atom. The molecule has 5 heteroatoms. The molecular weight excluding hydrogens is 425 g/mol. The van der Waals surface area contributed by atoms with Crippen molar-refractivity contribution >= 4 is 5.91 Å². The van der Waals surface area contributed by atoms with Crippen LogP contribution in [-0.4, -0.2) is 42.0 Å². The van der Waals surface area contributed by atoms with E-state index in [1.54, 1.807) is 18.3 Å². The molecule has 2 atom stereocenters. The molecule has 1 aromatic heterocycles. The summed E-state index contributed by atoms with van der Waals surface area (Å²) in [5.41, 5.74) is 3.85. The minimum atomic E-state index is -0.165. The van der Waals surface area contributed by atoms with Crippen molar-refractivity contribution in [3.05, 3.63) is 89.9 Å². The van der Waals surface area contributed by atoms with Crippen LogP contribution in [0.2, 0.25) is 0 Å². The Labute approximate surface area is 202 Å². The molecule has 4 rings (SSSR count). The number of benzene rings is 2. The molecule has 2 aromatic carbocycles. The van der Waals surface area contributed by atoms with Gasteiger partial charge in [-0.25, -0.2) is 4.39 Å². The molecule has 0 bridgehead atoms. The lowest BCUT2D eigenvalue weighted by Gasteiger charge is -2.22. The molecule has 1 heterocycles. The Morgan fingerprint density at radius 1 is 1.03 bits per heavy atom. The number of amides is 1. The third-order valence-electron chi connectivity index (χ3n) is 6.55. The minimum Gasteiger partial charge on any atom is -0.352 e. The van der Waals surface area contributed by atoms with E-state index < -0.39 is 0 Å². The zero-order valence-electron chi connectivity index (χ0n) is 19.9. The van der Waals surface area contributed by atoms with Gasteiger partial charge in [0, 0.05) is 30.4 Å². The molecular formula is C29H34FN3O. The lowest BCUT2D eigenvalue weighted by atomic mass is 10.1. The molecule has 0 radical (unpaired) electrons. The summed E-state index contributed by atoms with van der Waals surface area (Å²) in [6, 6.07) is 20.4. The first kappa shape index (κ1) is 24.1. The highest BCUT2D eigenvalue weighted by Crippen LogP contribution is 2.47. The van der Waals surface area contributed by atoms with Gasteiger partial charge < -0.3 is 10.2 Å². The van der Waals surface area contributed by atoms with Crippen LogP contribution in [0.4, 0.5) is 4.39 Å². The molecule has 4 nitrogen and oxygen atoms in total. The Hall–Kier alpha value is -3.05. The van der Waals surface area contributed by atoms with Crippen LogP contribution in [0.1, 0.15) is 54.4 Å². The molecule has 1 amide bonds. The lowest BCUT2D eigenvalue weighted by molar-refractivity contribution is 0.0952. The van der Waals surface area contributed by atoms with Crippen molar-refractivity contribution in [2.45, 2.75) is 38.5 Å². The number of carbonyl (C=O) groups excluding carboxylic acids is 1. The van der Waals surface area contributed by atoms with Gasteiger partial charge in [-0.15, -0.1) is 0 Å². The number of halogens is 1. The predicted octanol–water partition coefficient (Wildman–Crippen LogP) is 5.91. The van der Waals surface area contributed by atoms with Gasteiger partial charge in [0.2, 0.25) is 0 Å². The van der Waals surface area contributed by atoms with E-state index in [-0.39, 0.29) is 11.7 Å². The molecule has 0 spiro atoms. The number of nitrogens with zero attached hydrogens (tertiary/aromatic N) is 2. The fraction of sp³-hybridized carbons (Fsp3) is 0.379. The zero-order valence-corrected chi connectivity index (χ0v) is 19.9. The van der Waals surface area contributed by atoms with Crippen LogP contribution < -0.4 is 5.32 Å². The van der Waals surface area contributed by atoms with Crippen LogP contribution in [0, 0.1) is 11.7 Å². The Balaban J connectivity index is 1.16. The van der Waals surface area contributed by atoms with E-state index >= 15 is 0 Å². The standard InChI is InChI=1S/C29H34FN3O/c1-2-18-33(21-25-20-27(25)22-12-14-26(30)15-13-22)19-6-5-17-32-29(34)24-10-8-23(9-11-24)28-7-3-4-16-31-28/h3-4,7-16,25,27H,2,5-6,17-21H2,1H3,(H,32,34). The summed E-state index contributed by atoms with van der Waals surface area (Å²) < 4.78 is 13.2. The van der Waals surface area contributed by atoms with Gasteiger partial charge in [0.25, 0.3) is 5.91 Å². The number of unbranched alkanes of at least 4 members (excludes halogenated alkanes) is 1. The maximum Gasteiger partial charge on any atom is 0.251 e. The maximum atomic E-state index is 13.2. The summed E-state index contributed by atoms with van der Waals surface area (Å²) in [5, 5.41) is 3.05. The van der Waals surface area contributed by atoms with Crippen LogP contribution in [0.5, 0.6) is 0 Å². The average Bonchev–Trinajstić information content (AvgIpc) is 3.64. The molecule has 0 aliphatic heterocycles. The van der Waals surface area contributed by atoms with E-state index in [4.69, 9.17) is 0 Å². The van der Waals surface area contributed by atoms with Crippen molar-refractivity contribution in [3.8, 4) is 11.3 Å². The highest BCUT2D eigenvalue weighted by Gasteiger charge is 2.38. The lowest BCUT2D eigenvalue weighted by Crippen LogP contribution is -2.29. The molecule has 1 aliphatic rings. The minimum absolute atomic E-state index is 0.0295. The van der Waals surface area contributed by atoms with Crippen LogP contribution >= 0.6 is 0 Å². The van der Waals surface area contributed by atoms with Crippen LogP contribution in [0.15, 0.2) is 72.9 Å². The van der Waals surface area contributed by atoms with Crippen LogP contribution in [0.25, 0.3) is 11.3 Å². The molecule has 1 N–H and O–H groups in total. The summed E-state index contributed by atoms with van der Waals surface area (Å²) in [7, 11) is 0. The average molecular weight is 460 g/mol. The summed E-state index contributed by atoms with van der Waals surface area (Å²) in [5.74, 6) is 1.05. The number of carbonyl (C=O) groups is 1. The highest BCUT2D eigenvalue weighted by atomic mass is 19.1. The summed E-state index contributed by atoms with van der Waals surface area (Å²) in [6.07, 6.45) is 6.13. The SMILES string of the molecule is CCCN(CCCCNC(=O)c1ccc(-c2ccccn2)cc1)CC1CC1c1ccc(F)cc1. The van der Waals surface area contributed by atoms with E-state index in [1.165, 1.54) is 12.0 Å². The second kappa shape index (κ2) is 11.9. The number of rotatable bonds is 12. The Kier molecular flexibility index (Phi) is 8.42. The largest absolute Gasteiger partial charge is 0.352 e. The number of nitrogens with one attached hydrogen (secondary N) is 1. The van der Waals surface area contributed by atoms with Crippen LogP contribution in [-0.2, 0) is 0 Å². The van der Waals surface area contributed by atoms with E-state index in [0.717, 1.165) is 50.2 Å². The van der Waals surface area contributed by atoms with Gasteiger partial charge in [0.15, 0.2) is 0 Å². The first-order valence-corrected chi connectivity index (χ1v) is 12.4. The topological polar surface area (TPSA) is 45.2 Å². The second-order valence-corrected chi connectivity index (χ2v) is 9.21. The summed E-state index contributed by atoms with van der Waals surface area (Å²) in [4.78, 5) is 19.4. The monoisotopic (exact) mass is 459 g/mol. The molecule has 34 heavy (non-hydrogen) atoms. The van der Waals surface area contributed by atoms with E-state index in [1.807, 2.05) is 54.6 Å². The highest BCUT2D eigenvalue weighted by molar-refractivity contribution is 5.94. The fourth-order valence-electron chi connectivity index (χ4n) is 4.60. The predicted molar refractivity (Wildman–Crippen MR) is 135 cm³/mol. The summed E-state index contributed by atoms with van der Waals surface area (Å²) in [6.45, 7) is 6.15. The van der Waals surface area contributed by atoms with Crippen molar-refractivity contribution in [2.24, 2.45) is 5.92 Å². The smallest absolute Gasteiger partial charge is 0.251 e. The van der Waals surface area contributed by atoms with E-state index in [0.29, 0.717) is 23.9 Å². The molecule has 1 saturated carbocycles. The van der Waals surface area contributed by atoms with Gasteiger partial charge in [0.05, 0.1) is 5.69 Å². The Morgan fingerprint density at radius 2 is 1.82 bits per heavy atom. The van der Waals surface area contributed by atoms with Crippen molar-refractivity contribution in [1.29, 1.82) is 0 Å². The maximum absolute atomic E-state index is 13.2. The van der Waals surface area contributed by atoms with E-state index in [9.17, 15) is 9.18 Å². The molecule has 1 fully saturated rings. The van der Waals surface area contributed by atoms with E-state index in [2.05, 4.69) is 22.1 Å². The van der Waals surface area contributed by atoms with Gasteiger partial charge in [-0.2, -0.15) is 0 Å². The molecule has 1 aliphatic carbocycles. The van der Waals surface area contributed by atoms with Crippen LogP contribution in [0.3, 0.4) is 0 Å². The first-order valence-electron chi connectivity index (χ1n) is 12.4. The number of aromatic nitrogens is 1. The molecule has 2 unspecified atom stereocenters. The number of pyridine rings is 1. The normalized spacial score (nSPS) is 17.0. The van der Waals surface area contributed by atoms with Gasteiger partial charge in [0.1, 0.15) is 5.82 Å². The van der Waals surface area contributed by atoms with Gasteiger partial charge in [-0.3, -0.25) is 9.78 Å². The van der Waals surface area contributed by atoms with Crippen molar-refractivity contribution in [1.82, 2.24) is 15.2 Å². The van der Waals surface area contributed by atoms with Crippen molar-refractivity contribution < 1.29 is 9.18 Å². The van der Waals surface area contributed by atoms with Crippen molar-refractivity contribution in [2.75, 3.05) is 26.2 Å². The van der Waals surface area contributed by atoms with Gasteiger partial charge in [-0.05, 0) is 92.6 Å². The zero-order chi connectivity index (χ0) is 23.8. The molecule has 3 aromatic rings. The summed E-state index contributed by atoms with van der Waals surface area (Å²) >= 11 is 0. The van der Waals surface area contributed by atoms with Crippen molar-refractivity contribution in [3.63, 3.8) is 0 Å². The fourth-order valence-corrected chi connectivity index (χ4v) is 4.60. The number of hydrogen-bond acceptors (Lipinski definition) is 3. The first-order chi connectivity index (χ1) is 16.6. The third-order valence-corrected chi connectivity index (χ3v) is 6.55. The number of hydrogen-bond donors (Lipinski definition) is 1. The Bertz CT molecular complexity index is 1040. The second-order valence-electron chi connectivity index (χ2n) is 9.21. The van der Waals surface area contributed by atoms with Gasteiger partial charge >= 0.3 is 0 Å².